The summed E-state index contributed by atoms with van der Waals surface area (Å²) in [6, 6.07) is 0. The Hall–Kier alpha value is -0.740. The average molecular weight is 326 g/mol. The van der Waals surface area contributed by atoms with E-state index in [1.54, 1.807) is 0 Å². The van der Waals surface area contributed by atoms with Crippen LogP contribution in [0.5, 0.6) is 11.5 Å². The molecule has 4 heteroatoms. The predicted molar refractivity (Wildman–Crippen MR) is 79.0 cm³/mol. The number of benzene rings is 1. The second-order valence-corrected chi connectivity index (χ2v) is 6.72. The third-order valence-electron chi connectivity index (χ3n) is 3.82. The van der Waals surface area contributed by atoms with E-state index in [-0.39, 0.29) is 0 Å². The van der Waals surface area contributed by atoms with E-state index in [1.807, 2.05) is 13.8 Å². The normalized spacial score (nSPS) is 18.1. The summed E-state index contributed by atoms with van der Waals surface area (Å²) in [5.41, 5.74) is 9.58. The molecule has 0 saturated heterocycles. The fraction of sp³-hybridized carbons (Fsp3) is 0.600. The molecule has 1 aromatic rings. The van der Waals surface area contributed by atoms with Crippen LogP contribution in [0.25, 0.3) is 0 Å². The maximum atomic E-state index is 6.40. The van der Waals surface area contributed by atoms with E-state index in [0.29, 0.717) is 0 Å². The Morgan fingerprint density at radius 3 is 2.21 bits per heavy atom. The molecule has 0 fully saturated rings. The number of hydrogen-bond acceptors (Lipinski definition) is 3. The van der Waals surface area contributed by atoms with Gasteiger partial charge in [-0.1, -0.05) is 0 Å². The molecule has 0 saturated carbocycles. The quantitative estimate of drug-likeness (QED) is 0.861. The SMILES string of the molecule is CC(C)(N)c1c2c(c(Br)c3c1OCCC3)OCCC2. The molecule has 0 atom stereocenters. The van der Waals surface area contributed by atoms with Crippen molar-refractivity contribution in [3.8, 4) is 11.5 Å². The highest BCUT2D eigenvalue weighted by molar-refractivity contribution is 9.10. The van der Waals surface area contributed by atoms with E-state index in [0.717, 1.165) is 60.4 Å². The lowest BCUT2D eigenvalue weighted by atomic mass is 9.84. The first-order valence-electron chi connectivity index (χ1n) is 6.92. The lowest BCUT2D eigenvalue weighted by Crippen LogP contribution is -2.33. The minimum Gasteiger partial charge on any atom is -0.493 e. The van der Waals surface area contributed by atoms with Gasteiger partial charge in [0.2, 0.25) is 0 Å². The molecule has 2 aliphatic rings. The Morgan fingerprint density at radius 2 is 1.58 bits per heavy atom. The Bertz CT molecular complexity index is 483. The van der Waals surface area contributed by atoms with E-state index >= 15 is 0 Å². The lowest BCUT2D eigenvalue weighted by molar-refractivity contribution is 0.261. The van der Waals surface area contributed by atoms with Crippen molar-refractivity contribution in [1.29, 1.82) is 0 Å². The minimum absolute atomic E-state index is 0.410. The van der Waals surface area contributed by atoms with Crippen LogP contribution in [0, 0.1) is 0 Å². The first kappa shape index (κ1) is 13.3. The molecule has 2 N–H and O–H groups in total. The van der Waals surface area contributed by atoms with E-state index in [4.69, 9.17) is 15.2 Å². The average Bonchev–Trinajstić information content (AvgIpc) is 2.38. The van der Waals surface area contributed by atoms with Gasteiger partial charge in [-0.05, 0) is 55.5 Å². The van der Waals surface area contributed by atoms with Crippen LogP contribution in [-0.2, 0) is 18.4 Å². The van der Waals surface area contributed by atoms with E-state index in [1.165, 1.54) is 11.1 Å². The zero-order chi connectivity index (χ0) is 13.6. The summed E-state index contributed by atoms with van der Waals surface area (Å²) in [6.07, 6.45) is 4.13. The summed E-state index contributed by atoms with van der Waals surface area (Å²) in [5.74, 6) is 1.99. The predicted octanol–water partition coefficient (Wildman–Crippen LogP) is 3.29. The van der Waals surface area contributed by atoms with Crippen molar-refractivity contribution in [2.75, 3.05) is 13.2 Å². The summed E-state index contributed by atoms with van der Waals surface area (Å²) in [5, 5.41) is 0. The van der Waals surface area contributed by atoms with Crippen molar-refractivity contribution in [1.82, 2.24) is 0 Å². The molecular formula is C15H20BrNO2. The molecule has 104 valence electrons. The van der Waals surface area contributed by atoms with Crippen LogP contribution in [0.15, 0.2) is 4.47 Å². The molecule has 0 unspecified atom stereocenters. The molecular weight excluding hydrogens is 306 g/mol. The summed E-state index contributed by atoms with van der Waals surface area (Å²) in [7, 11) is 0. The van der Waals surface area contributed by atoms with Gasteiger partial charge in [0.1, 0.15) is 11.5 Å². The van der Waals surface area contributed by atoms with Gasteiger partial charge in [-0.2, -0.15) is 0 Å². The van der Waals surface area contributed by atoms with Gasteiger partial charge in [0, 0.05) is 22.2 Å². The molecule has 2 aliphatic heterocycles. The number of nitrogens with two attached hydrogens (primary N) is 1. The maximum absolute atomic E-state index is 6.40. The zero-order valence-electron chi connectivity index (χ0n) is 11.5. The van der Waals surface area contributed by atoms with E-state index in [2.05, 4.69) is 15.9 Å². The summed E-state index contributed by atoms with van der Waals surface area (Å²) >= 11 is 3.71. The van der Waals surface area contributed by atoms with Gasteiger partial charge < -0.3 is 15.2 Å². The maximum Gasteiger partial charge on any atom is 0.137 e. The van der Waals surface area contributed by atoms with E-state index in [9.17, 15) is 0 Å². The van der Waals surface area contributed by atoms with Crippen molar-refractivity contribution in [3.05, 3.63) is 21.2 Å². The van der Waals surface area contributed by atoms with Crippen molar-refractivity contribution >= 4 is 15.9 Å². The number of rotatable bonds is 1. The fourth-order valence-corrected chi connectivity index (χ4v) is 3.80. The molecule has 0 aromatic heterocycles. The van der Waals surface area contributed by atoms with Gasteiger partial charge in [0.05, 0.1) is 17.7 Å². The van der Waals surface area contributed by atoms with Gasteiger partial charge in [-0.3, -0.25) is 0 Å². The first-order valence-corrected chi connectivity index (χ1v) is 7.71. The smallest absolute Gasteiger partial charge is 0.137 e. The van der Waals surface area contributed by atoms with Gasteiger partial charge >= 0.3 is 0 Å². The van der Waals surface area contributed by atoms with Crippen LogP contribution in [0.3, 0.4) is 0 Å². The van der Waals surface area contributed by atoms with Gasteiger partial charge in [0.25, 0.3) is 0 Å². The van der Waals surface area contributed by atoms with Crippen LogP contribution in [0.1, 0.15) is 43.4 Å². The number of ether oxygens (including phenoxy) is 2. The third-order valence-corrected chi connectivity index (χ3v) is 4.66. The largest absolute Gasteiger partial charge is 0.493 e. The molecule has 19 heavy (non-hydrogen) atoms. The molecule has 0 aliphatic carbocycles. The molecule has 0 radical (unpaired) electrons. The van der Waals surface area contributed by atoms with Crippen LogP contribution in [0.4, 0.5) is 0 Å². The Kier molecular flexibility index (Phi) is 3.26. The van der Waals surface area contributed by atoms with Gasteiger partial charge in [0.15, 0.2) is 0 Å². The molecule has 0 amide bonds. The summed E-state index contributed by atoms with van der Waals surface area (Å²) < 4.78 is 12.9. The Balaban J connectivity index is 2.31. The van der Waals surface area contributed by atoms with Crippen LogP contribution >= 0.6 is 15.9 Å². The third kappa shape index (κ3) is 2.15. The number of fused-ring (bicyclic) bond motifs is 2. The van der Waals surface area contributed by atoms with Crippen molar-refractivity contribution < 1.29 is 9.47 Å². The van der Waals surface area contributed by atoms with Crippen molar-refractivity contribution in [3.63, 3.8) is 0 Å². The topological polar surface area (TPSA) is 44.5 Å². The molecule has 1 aromatic carbocycles. The molecule has 2 heterocycles. The van der Waals surface area contributed by atoms with Crippen LogP contribution < -0.4 is 15.2 Å². The molecule has 0 bridgehead atoms. The number of halogens is 1. The highest BCUT2D eigenvalue weighted by Crippen LogP contribution is 2.48. The zero-order valence-corrected chi connectivity index (χ0v) is 13.1. The summed E-state index contributed by atoms with van der Waals surface area (Å²) in [4.78, 5) is 0. The van der Waals surface area contributed by atoms with Crippen LogP contribution in [0.2, 0.25) is 0 Å². The summed E-state index contributed by atoms with van der Waals surface area (Å²) in [6.45, 7) is 5.66. The van der Waals surface area contributed by atoms with Crippen molar-refractivity contribution in [2.45, 2.75) is 45.1 Å². The molecule has 3 rings (SSSR count). The van der Waals surface area contributed by atoms with Crippen LogP contribution in [-0.4, -0.2) is 13.2 Å². The number of hydrogen-bond donors (Lipinski definition) is 1. The molecule has 3 nitrogen and oxygen atoms in total. The second-order valence-electron chi connectivity index (χ2n) is 5.93. The highest BCUT2D eigenvalue weighted by Gasteiger charge is 2.33. The standard InChI is InChI=1S/C15H20BrNO2/c1-15(2,17)11-9-5-3-8-19-14(9)12(16)10-6-4-7-18-13(10)11/h3-8,17H2,1-2H3. The van der Waals surface area contributed by atoms with Gasteiger partial charge in [-0.15, -0.1) is 0 Å². The minimum atomic E-state index is -0.410. The van der Waals surface area contributed by atoms with E-state index < -0.39 is 5.54 Å². The fourth-order valence-electron chi connectivity index (χ4n) is 3.07. The van der Waals surface area contributed by atoms with Crippen molar-refractivity contribution in [2.24, 2.45) is 5.73 Å². The first-order chi connectivity index (χ1) is 9.00. The highest BCUT2D eigenvalue weighted by atomic mass is 79.9. The lowest BCUT2D eigenvalue weighted by Gasteiger charge is -2.34. The van der Waals surface area contributed by atoms with Gasteiger partial charge in [-0.25, -0.2) is 0 Å². The Labute approximate surface area is 122 Å². The second kappa shape index (κ2) is 4.67. The monoisotopic (exact) mass is 325 g/mol. The molecule has 0 spiro atoms. The Morgan fingerprint density at radius 1 is 1.00 bits per heavy atom.